The number of ether oxygens (including phenoxy) is 1. The van der Waals surface area contributed by atoms with Gasteiger partial charge >= 0.3 is 5.97 Å². The molecule has 0 radical (unpaired) electrons. The van der Waals surface area contributed by atoms with Crippen molar-refractivity contribution in [3.05, 3.63) is 29.3 Å². The predicted molar refractivity (Wildman–Crippen MR) is 76.5 cm³/mol. The Bertz CT molecular complexity index is 530. The number of amides is 1. The summed E-state index contributed by atoms with van der Waals surface area (Å²) in [5, 5.41) is 2.92. The predicted octanol–water partition coefficient (Wildman–Crippen LogP) is 1.85. The Morgan fingerprint density at radius 3 is 2.55 bits per heavy atom. The second-order valence-electron chi connectivity index (χ2n) is 5.31. The molecule has 0 unspecified atom stereocenters. The topological polar surface area (TPSA) is 81.4 Å². The van der Waals surface area contributed by atoms with Gasteiger partial charge in [-0.15, -0.1) is 0 Å². The average molecular weight is 276 g/mol. The van der Waals surface area contributed by atoms with Crippen molar-refractivity contribution in [2.45, 2.75) is 26.2 Å². The zero-order valence-corrected chi connectivity index (χ0v) is 11.9. The van der Waals surface area contributed by atoms with Gasteiger partial charge < -0.3 is 15.8 Å². The fraction of sp³-hybridized carbons (Fsp3) is 0.467. The standard InChI is InChI=1S/C15H20N2O3/c1-10-8-11(13(18)20-2)4-5-12(10)17-14(19)15(9-16)6-3-7-15/h4-5,8H,3,6-7,9,16H2,1-2H3,(H,17,19). The van der Waals surface area contributed by atoms with Crippen molar-refractivity contribution >= 4 is 17.6 Å². The Hall–Kier alpha value is -1.88. The summed E-state index contributed by atoms with van der Waals surface area (Å²) in [6.07, 6.45) is 2.73. The number of anilines is 1. The van der Waals surface area contributed by atoms with E-state index in [9.17, 15) is 9.59 Å². The summed E-state index contributed by atoms with van der Waals surface area (Å²) in [5.41, 5.74) is 7.32. The van der Waals surface area contributed by atoms with Crippen LogP contribution in [0, 0.1) is 12.3 Å². The van der Waals surface area contributed by atoms with Gasteiger partial charge in [0.05, 0.1) is 18.1 Å². The molecule has 0 aromatic heterocycles. The maximum absolute atomic E-state index is 12.3. The number of nitrogens with one attached hydrogen (secondary N) is 1. The number of carbonyl (C=O) groups is 2. The third-order valence-corrected chi connectivity index (χ3v) is 4.08. The van der Waals surface area contributed by atoms with E-state index in [4.69, 9.17) is 5.73 Å². The van der Waals surface area contributed by atoms with E-state index in [1.807, 2.05) is 6.92 Å². The van der Waals surface area contributed by atoms with Gasteiger partial charge in [0, 0.05) is 12.2 Å². The van der Waals surface area contributed by atoms with E-state index in [2.05, 4.69) is 10.1 Å². The highest BCUT2D eigenvalue weighted by molar-refractivity contribution is 5.97. The molecule has 0 atom stereocenters. The van der Waals surface area contributed by atoms with Gasteiger partial charge in [0.15, 0.2) is 0 Å². The lowest BCUT2D eigenvalue weighted by Crippen LogP contribution is -2.47. The molecule has 1 aromatic rings. The van der Waals surface area contributed by atoms with E-state index in [1.54, 1.807) is 18.2 Å². The normalized spacial score (nSPS) is 16.1. The largest absolute Gasteiger partial charge is 0.465 e. The number of rotatable bonds is 4. The van der Waals surface area contributed by atoms with Crippen molar-refractivity contribution in [1.82, 2.24) is 0 Å². The molecule has 1 aromatic carbocycles. The maximum atomic E-state index is 12.3. The summed E-state index contributed by atoms with van der Waals surface area (Å²) in [4.78, 5) is 23.7. The fourth-order valence-electron chi connectivity index (χ4n) is 2.43. The second kappa shape index (κ2) is 5.63. The number of benzene rings is 1. The molecule has 0 saturated heterocycles. The van der Waals surface area contributed by atoms with Crippen LogP contribution < -0.4 is 11.1 Å². The number of nitrogens with two attached hydrogens (primary N) is 1. The number of carbonyl (C=O) groups excluding carboxylic acids is 2. The smallest absolute Gasteiger partial charge is 0.337 e. The van der Waals surface area contributed by atoms with Gasteiger partial charge in [0.2, 0.25) is 5.91 Å². The van der Waals surface area contributed by atoms with Crippen LogP contribution in [0.1, 0.15) is 35.2 Å². The van der Waals surface area contributed by atoms with Gasteiger partial charge in [0.1, 0.15) is 0 Å². The van der Waals surface area contributed by atoms with E-state index in [-0.39, 0.29) is 11.9 Å². The summed E-state index contributed by atoms with van der Waals surface area (Å²) in [7, 11) is 1.34. The molecule has 1 amide bonds. The zero-order chi connectivity index (χ0) is 14.8. The highest BCUT2D eigenvalue weighted by Crippen LogP contribution is 2.41. The molecule has 1 aliphatic carbocycles. The van der Waals surface area contributed by atoms with Crippen LogP contribution in [0.2, 0.25) is 0 Å². The Kier molecular flexibility index (Phi) is 4.09. The SMILES string of the molecule is COC(=O)c1ccc(NC(=O)C2(CN)CCC2)c(C)c1. The highest BCUT2D eigenvalue weighted by atomic mass is 16.5. The first-order valence-corrected chi connectivity index (χ1v) is 6.73. The number of esters is 1. The van der Waals surface area contributed by atoms with Gasteiger partial charge in [-0.2, -0.15) is 0 Å². The lowest BCUT2D eigenvalue weighted by Gasteiger charge is -2.39. The average Bonchev–Trinajstić information content (AvgIpc) is 2.39. The molecule has 0 heterocycles. The van der Waals surface area contributed by atoms with Crippen LogP contribution in [-0.4, -0.2) is 25.5 Å². The minimum absolute atomic E-state index is 0.0276. The second-order valence-corrected chi connectivity index (χ2v) is 5.31. The minimum Gasteiger partial charge on any atom is -0.465 e. The van der Waals surface area contributed by atoms with Crippen LogP contribution in [0.15, 0.2) is 18.2 Å². The van der Waals surface area contributed by atoms with Crippen LogP contribution >= 0.6 is 0 Å². The highest BCUT2D eigenvalue weighted by Gasteiger charge is 2.42. The van der Waals surface area contributed by atoms with Crippen LogP contribution in [0.25, 0.3) is 0 Å². The van der Waals surface area contributed by atoms with Gasteiger partial charge in [0.25, 0.3) is 0 Å². The first-order valence-electron chi connectivity index (χ1n) is 6.73. The quantitative estimate of drug-likeness (QED) is 0.822. The number of hydrogen-bond acceptors (Lipinski definition) is 4. The third-order valence-electron chi connectivity index (χ3n) is 4.08. The molecule has 5 nitrogen and oxygen atoms in total. The van der Waals surface area contributed by atoms with Gasteiger partial charge in [-0.1, -0.05) is 6.42 Å². The monoisotopic (exact) mass is 276 g/mol. The summed E-state index contributed by atoms with van der Waals surface area (Å²) in [6, 6.07) is 5.07. The van der Waals surface area contributed by atoms with Gasteiger partial charge in [-0.25, -0.2) is 4.79 Å². The first-order chi connectivity index (χ1) is 9.52. The van der Waals surface area contributed by atoms with Crippen molar-refractivity contribution in [1.29, 1.82) is 0 Å². The fourth-order valence-corrected chi connectivity index (χ4v) is 2.43. The third kappa shape index (κ3) is 2.54. The minimum atomic E-state index is -0.409. The van der Waals surface area contributed by atoms with Crippen LogP contribution in [0.4, 0.5) is 5.69 Å². The molecule has 0 spiro atoms. The zero-order valence-electron chi connectivity index (χ0n) is 11.9. The van der Waals surface area contributed by atoms with Crippen LogP contribution in [0.5, 0.6) is 0 Å². The molecule has 5 heteroatoms. The molecule has 108 valence electrons. The lowest BCUT2D eigenvalue weighted by atomic mass is 9.68. The van der Waals surface area contributed by atoms with Crippen molar-refractivity contribution in [3.63, 3.8) is 0 Å². The molecule has 0 bridgehead atoms. The molecule has 1 fully saturated rings. The number of aryl methyl sites for hydroxylation is 1. The Morgan fingerprint density at radius 2 is 2.10 bits per heavy atom. The van der Waals surface area contributed by atoms with Crippen molar-refractivity contribution in [2.75, 3.05) is 19.0 Å². The van der Waals surface area contributed by atoms with Crippen molar-refractivity contribution in [3.8, 4) is 0 Å². The van der Waals surface area contributed by atoms with E-state index in [0.717, 1.165) is 24.8 Å². The van der Waals surface area contributed by atoms with E-state index in [0.29, 0.717) is 17.8 Å². The maximum Gasteiger partial charge on any atom is 0.337 e. The van der Waals surface area contributed by atoms with Gasteiger partial charge in [-0.3, -0.25) is 4.79 Å². The number of hydrogen-bond donors (Lipinski definition) is 2. The molecule has 3 N–H and O–H groups in total. The molecule has 0 aliphatic heterocycles. The number of methoxy groups -OCH3 is 1. The summed E-state index contributed by atoms with van der Waals surface area (Å²) in [5.74, 6) is -0.413. The Labute approximate surface area is 118 Å². The lowest BCUT2D eigenvalue weighted by molar-refractivity contribution is -0.129. The summed E-state index contributed by atoms with van der Waals surface area (Å²) >= 11 is 0. The molecule has 1 saturated carbocycles. The van der Waals surface area contributed by atoms with Crippen molar-refractivity contribution < 1.29 is 14.3 Å². The molecular formula is C15H20N2O3. The first kappa shape index (κ1) is 14.5. The van der Waals surface area contributed by atoms with Crippen LogP contribution in [0.3, 0.4) is 0 Å². The Morgan fingerprint density at radius 1 is 1.40 bits per heavy atom. The summed E-state index contributed by atoms with van der Waals surface area (Å²) in [6.45, 7) is 2.22. The molecule has 1 aliphatic rings. The Balaban J connectivity index is 2.14. The van der Waals surface area contributed by atoms with Crippen molar-refractivity contribution in [2.24, 2.45) is 11.1 Å². The van der Waals surface area contributed by atoms with E-state index >= 15 is 0 Å². The van der Waals surface area contributed by atoms with Gasteiger partial charge in [-0.05, 0) is 43.5 Å². The molecule has 20 heavy (non-hydrogen) atoms. The van der Waals surface area contributed by atoms with E-state index < -0.39 is 5.41 Å². The molecule has 2 rings (SSSR count). The van der Waals surface area contributed by atoms with E-state index in [1.165, 1.54) is 7.11 Å². The van der Waals surface area contributed by atoms with Crippen LogP contribution in [-0.2, 0) is 9.53 Å². The molecular weight excluding hydrogens is 256 g/mol. The summed E-state index contributed by atoms with van der Waals surface area (Å²) < 4.78 is 4.67.